The summed E-state index contributed by atoms with van der Waals surface area (Å²) in [5.41, 5.74) is 0. The first kappa shape index (κ1) is 17.1. The smallest absolute Gasteiger partial charge is 0.406 e. The Bertz CT molecular complexity index is 420. The molecule has 1 atom stereocenters. The minimum absolute atomic E-state index is 0.0880. The highest BCUT2D eigenvalue weighted by atomic mass is 19.4. The molecule has 126 valence electrons. The van der Waals surface area contributed by atoms with E-state index in [-0.39, 0.29) is 36.9 Å². The van der Waals surface area contributed by atoms with Gasteiger partial charge in [-0.15, -0.1) is 0 Å². The van der Waals surface area contributed by atoms with Crippen molar-refractivity contribution in [1.82, 2.24) is 10.2 Å². The third-order valence-electron chi connectivity index (χ3n) is 4.32. The SMILES string of the molecule is COC(=O)C1CCC(N[C@@H]2CC(=O)N(CC(F)(F)F)C2)CC1. The van der Waals surface area contributed by atoms with Crippen molar-refractivity contribution in [3.63, 3.8) is 0 Å². The van der Waals surface area contributed by atoms with Crippen LogP contribution in [0.2, 0.25) is 0 Å². The maximum absolute atomic E-state index is 12.4. The largest absolute Gasteiger partial charge is 0.469 e. The van der Waals surface area contributed by atoms with Crippen LogP contribution in [0.25, 0.3) is 0 Å². The molecular weight excluding hydrogens is 301 g/mol. The summed E-state index contributed by atoms with van der Waals surface area (Å²) >= 11 is 0. The van der Waals surface area contributed by atoms with Gasteiger partial charge in [0.1, 0.15) is 6.54 Å². The fourth-order valence-corrected chi connectivity index (χ4v) is 3.25. The molecule has 1 saturated carbocycles. The highest BCUT2D eigenvalue weighted by Crippen LogP contribution is 2.27. The Hall–Kier alpha value is -1.31. The molecule has 2 rings (SSSR count). The van der Waals surface area contributed by atoms with Crippen molar-refractivity contribution in [2.45, 2.75) is 50.4 Å². The monoisotopic (exact) mass is 322 g/mol. The second-order valence-electron chi connectivity index (χ2n) is 6.03. The number of rotatable bonds is 4. The fraction of sp³-hybridized carbons (Fsp3) is 0.857. The number of likely N-dealkylation sites (tertiary alicyclic amines) is 1. The number of alkyl halides is 3. The van der Waals surface area contributed by atoms with Gasteiger partial charge in [0.15, 0.2) is 0 Å². The topological polar surface area (TPSA) is 58.6 Å². The van der Waals surface area contributed by atoms with E-state index in [0.717, 1.165) is 17.7 Å². The molecule has 1 N–H and O–H groups in total. The molecule has 0 aromatic heterocycles. The third kappa shape index (κ3) is 4.59. The second-order valence-corrected chi connectivity index (χ2v) is 6.03. The standard InChI is InChI=1S/C14H21F3N2O3/c1-22-13(21)9-2-4-10(5-3-9)18-11-6-12(20)19(7-11)8-14(15,16)17/h9-11,18H,2-8H2,1H3/t9?,10?,11-/m1/s1. The van der Waals surface area contributed by atoms with Gasteiger partial charge in [-0.1, -0.05) is 0 Å². The van der Waals surface area contributed by atoms with E-state index in [2.05, 4.69) is 5.32 Å². The Morgan fingerprint density at radius 3 is 2.45 bits per heavy atom. The van der Waals surface area contributed by atoms with Crippen molar-refractivity contribution in [2.75, 3.05) is 20.2 Å². The van der Waals surface area contributed by atoms with Gasteiger partial charge < -0.3 is 15.0 Å². The van der Waals surface area contributed by atoms with Crippen molar-refractivity contribution >= 4 is 11.9 Å². The number of ether oxygens (including phenoxy) is 1. The number of halogens is 3. The van der Waals surface area contributed by atoms with Crippen LogP contribution in [0.15, 0.2) is 0 Å². The van der Waals surface area contributed by atoms with Gasteiger partial charge in [-0.3, -0.25) is 9.59 Å². The number of hydrogen-bond donors (Lipinski definition) is 1. The zero-order valence-electron chi connectivity index (χ0n) is 12.5. The minimum Gasteiger partial charge on any atom is -0.469 e. The summed E-state index contributed by atoms with van der Waals surface area (Å²) in [6, 6.07) is -0.0981. The molecule has 1 amide bonds. The van der Waals surface area contributed by atoms with E-state index in [1.807, 2.05) is 0 Å². The van der Waals surface area contributed by atoms with Crippen LogP contribution in [0, 0.1) is 5.92 Å². The predicted octanol–water partition coefficient (Wildman–Crippen LogP) is 1.47. The molecule has 0 spiro atoms. The molecule has 1 aliphatic carbocycles. The predicted molar refractivity (Wildman–Crippen MR) is 71.9 cm³/mol. The van der Waals surface area contributed by atoms with Gasteiger partial charge in [0.2, 0.25) is 5.91 Å². The molecule has 0 radical (unpaired) electrons. The lowest BCUT2D eigenvalue weighted by atomic mass is 9.86. The van der Waals surface area contributed by atoms with Gasteiger partial charge in [-0.2, -0.15) is 13.2 Å². The van der Waals surface area contributed by atoms with E-state index >= 15 is 0 Å². The van der Waals surface area contributed by atoms with Crippen molar-refractivity contribution in [3.8, 4) is 0 Å². The van der Waals surface area contributed by atoms with E-state index in [1.165, 1.54) is 7.11 Å². The molecule has 0 aromatic carbocycles. The summed E-state index contributed by atoms with van der Waals surface area (Å²) in [6.07, 6.45) is -1.31. The Kier molecular flexibility index (Phi) is 5.31. The van der Waals surface area contributed by atoms with E-state index in [0.29, 0.717) is 12.8 Å². The number of amides is 1. The molecule has 0 bridgehead atoms. The Morgan fingerprint density at radius 2 is 1.91 bits per heavy atom. The van der Waals surface area contributed by atoms with Gasteiger partial charge in [-0.25, -0.2) is 0 Å². The van der Waals surface area contributed by atoms with Crippen molar-refractivity contribution in [3.05, 3.63) is 0 Å². The first-order chi connectivity index (χ1) is 10.3. The van der Waals surface area contributed by atoms with E-state index < -0.39 is 18.6 Å². The van der Waals surface area contributed by atoms with Crippen LogP contribution in [0.4, 0.5) is 13.2 Å². The summed E-state index contributed by atoms with van der Waals surface area (Å²) in [5.74, 6) is -0.751. The van der Waals surface area contributed by atoms with Crippen LogP contribution < -0.4 is 5.32 Å². The lowest BCUT2D eigenvalue weighted by Crippen LogP contribution is -2.43. The number of esters is 1. The molecular formula is C14H21F3N2O3. The highest BCUT2D eigenvalue weighted by Gasteiger charge is 2.39. The fourth-order valence-electron chi connectivity index (χ4n) is 3.25. The van der Waals surface area contributed by atoms with Gasteiger partial charge in [0.25, 0.3) is 0 Å². The molecule has 2 fully saturated rings. The molecule has 0 aromatic rings. The van der Waals surface area contributed by atoms with Crippen LogP contribution in [-0.4, -0.2) is 55.2 Å². The van der Waals surface area contributed by atoms with E-state index in [4.69, 9.17) is 4.74 Å². The summed E-state index contributed by atoms with van der Waals surface area (Å²) in [4.78, 5) is 23.9. The lowest BCUT2D eigenvalue weighted by Gasteiger charge is -2.29. The number of methoxy groups -OCH3 is 1. The number of carbonyl (C=O) groups excluding carboxylic acids is 2. The van der Waals surface area contributed by atoms with Gasteiger partial charge in [-0.05, 0) is 25.7 Å². The maximum Gasteiger partial charge on any atom is 0.406 e. The van der Waals surface area contributed by atoms with Crippen LogP contribution >= 0.6 is 0 Å². The van der Waals surface area contributed by atoms with Crippen molar-refractivity contribution in [1.29, 1.82) is 0 Å². The van der Waals surface area contributed by atoms with Crippen molar-refractivity contribution in [2.24, 2.45) is 5.92 Å². The van der Waals surface area contributed by atoms with Gasteiger partial charge in [0, 0.05) is 25.0 Å². The highest BCUT2D eigenvalue weighted by molar-refractivity contribution is 5.79. The Morgan fingerprint density at radius 1 is 1.27 bits per heavy atom. The maximum atomic E-state index is 12.4. The molecule has 2 aliphatic rings. The van der Waals surface area contributed by atoms with Crippen LogP contribution in [-0.2, 0) is 14.3 Å². The van der Waals surface area contributed by atoms with E-state index in [1.54, 1.807) is 0 Å². The van der Waals surface area contributed by atoms with Gasteiger partial charge >= 0.3 is 12.1 Å². The van der Waals surface area contributed by atoms with Crippen LogP contribution in [0.5, 0.6) is 0 Å². The first-order valence-corrected chi connectivity index (χ1v) is 7.47. The average Bonchev–Trinajstić information content (AvgIpc) is 2.76. The molecule has 1 aliphatic heterocycles. The summed E-state index contributed by atoms with van der Waals surface area (Å²) in [5, 5.41) is 3.26. The normalized spacial score (nSPS) is 29.7. The molecule has 0 unspecified atom stereocenters. The van der Waals surface area contributed by atoms with Crippen molar-refractivity contribution < 1.29 is 27.5 Å². The zero-order chi connectivity index (χ0) is 16.3. The third-order valence-corrected chi connectivity index (χ3v) is 4.32. The Labute approximate surface area is 127 Å². The number of hydrogen-bond acceptors (Lipinski definition) is 4. The zero-order valence-corrected chi connectivity index (χ0v) is 12.5. The summed E-state index contributed by atoms with van der Waals surface area (Å²) in [7, 11) is 1.37. The summed E-state index contributed by atoms with van der Waals surface area (Å²) in [6.45, 7) is -1.09. The number of nitrogens with one attached hydrogen (secondary N) is 1. The molecule has 5 nitrogen and oxygen atoms in total. The molecule has 22 heavy (non-hydrogen) atoms. The minimum atomic E-state index is -4.36. The van der Waals surface area contributed by atoms with Crippen LogP contribution in [0.1, 0.15) is 32.1 Å². The molecule has 1 saturated heterocycles. The van der Waals surface area contributed by atoms with E-state index in [9.17, 15) is 22.8 Å². The molecule has 8 heteroatoms. The average molecular weight is 322 g/mol. The Balaban J connectivity index is 1.77. The first-order valence-electron chi connectivity index (χ1n) is 7.47. The lowest BCUT2D eigenvalue weighted by molar-refractivity contribution is -0.157. The quantitative estimate of drug-likeness (QED) is 0.797. The second kappa shape index (κ2) is 6.85. The molecule has 1 heterocycles. The number of nitrogens with zero attached hydrogens (tertiary/aromatic N) is 1. The van der Waals surface area contributed by atoms with Gasteiger partial charge in [0.05, 0.1) is 13.0 Å². The number of carbonyl (C=O) groups is 2. The van der Waals surface area contributed by atoms with Crippen LogP contribution in [0.3, 0.4) is 0 Å². The summed E-state index contributed by atoms with van der Waals surface area (Å²) < 4.78 is 41.8.